The summed E-state index contributed by atoms with van der Waals surface area (Å²) in [6.45, 7) is -0.101. The van der Waals surface area contributed by atoms with Crippen LogP contribution in [0, 0.1) is 5.82 Å². The first kappa shape index (κ1) is 12.7. The van der Waals surface area contributed by atoms with Crippen molar-refractivity contribution >= 4 is 22.0 Å². The van der Waals surface area contributed by atoms with Crippen LogP contribution in [0.25, 0.3) is 0 Å². The highest BCUT2D eigenvalue weighted by Crippen LogP contribution is 2.37. The van der Waals surface area contributed by atoms with Crippen LogP contribution in [-0.2, 0) is 11.3 Å². The van der Waals surface area contributed by atoms with Crippen molar-refractivity contribution in [2.24, 2.45) is 4.99 Å². The lowest BCUT2D eigenvalue weighted by atomic mass is 10.2. The average Bonchev–Trinajstić information content (AvgIpc) is 2.28. The van der Waals surface area contributed by atoms with Gasteiger partial charge in [0.2, 0.25) is 6.08 Å². The van der Waals surface area contributed by atoms with Gasteiger partial charge in [-0.05, 0) is 6.07 Å². The largest absolute Gasteiger partial charge is 0.493 e. The van der Waals surface area contributed by atoms with Gasteiger partial charge in [0, 0.05) is 10.0 Å². The second-order valence-corrected chi connectivity index (χ2v) is 3.65. The molecule has 6 heteroatoms. The van der Waals surface area contributed by atoms with Crippen LogP contribution in [0.15, 0.2) is 15.5 Å². The minimum absolute atomic E-state index is 0.0122. The highest BCUT2D eigenvalue weighted by atomic mass is 79.9. The maximum absolute atomic E-state index is 13.9. The van der Waals surface area contributed by atoms with E-state index in [4.69, 9.17) is 9.47 Å². The molecule has 0 spiro atoms. The predicted octanol–water partition coefficient (Wildman–Crippen LogP) is 2.44. The van der Waals surface area contributed by atoms with E-state index in [0.29, 0.717) is 4.47 Å². The van der Waals surface area contributed by atoms with Crippen molar-refractivity contribution in [1.29, 1.82) is 0 Å². The smallest absolute Gasteiger partial charge is 0.235 e. The monoisotopic (exact) mass is 289 g/mol. The van der Waals surface area contributed by atoms with Crippen molar-refractivity contribution in [3.05, 3.63) is 21.9 Å². The van der Waals surface area contributed by atoms with E-state index in [1.54, 1.807) is 6.07 Å². The fourth-order valence-electron chi connectivity index (χ4n) is 1.22. The molecule has 4 nitrogen and oxygen atoms in total. The number of hydrogen-bond donors (Lipinski definition) is 0. The quantitative estimate of drug-likeness (QED) is 0.632. The van der Waals surface area contributed by atoms with Crippen LogP contribution in [0.5, 0.6) is 11.5 Å². The standard InChI is InChI=1S/C10H9BrFNO3/c1-15-8-3-7(11)6(4-13-5-14)9(12)10(8)16-2/h3H,4H2,1-2H3. The summed E-state index contributed by atoms with van der Waals surface area (Å²) in [6, 6.07) is 1.55. The third-order valence-corrected chi connectivity index (χ3v) is 2.67. The highest BCUT2D eigenvalue weighted by Gasteiger charge is 2.18. The van der Waals surface area contributed by atoms with Crippen molar-refractivity contribution in [3.8, 4) is 11.5 Å². The number of ether oxygens (including phenoxy) is 2. The van der Waals surface area contributed by atoms with Gasteiger partial charge in [0.05, 0.1) is 20.8 Å². The van der Waals surface area contributed by atoms with Crippen molar-refractivity contribution in [1.82, 2.24) is 0 Å². The molecule has 0 aliphatic rings. The van der Waals surface area contributed by atoms with Gasteiger partial charge in [-0.3, -0.25) is 0 Å². The Labute approximate surface area is 100 Å². The normalized spacial score (nSPS) is 9.50. The van der Waals surface area contributed by atoms with E-state index in [-0.39, 0.29) is 23.6 Å². The second-order valence-electron chi connectivity index (χ2n) is 2.79. The molecule has 86 valence electrons. The van der Waals surface area contributed by atoms with Crippen LogP contribution >= 0.6 is 15.9 Å². The Balaban J connectivity index is 3.34. The molecule has 0 saturated carbocycles. The van der Waals surface area contributed by atoms with Crippen molar-refractivity contribution in [3.63, 3.8) is 0 Å². The SMILES string of the molecule is COc1cc(Br)c(CN=C=O)c(F)c1OC. The number of hydrogen-bond acceptors (Lipinski definition) is 4. The average molecular weight is 290 g/mol. The Kier molecular flexibility index (Phi) is 4.46. The molecule has 1 aromatic carbocycles. The second kappa shape index (κ2) is 5.63. The lowest BCUT2D eigenvalue weighted by Gasteiger charge is -2.12. The van der Waals surface area contributed by atoms with E-state index < -0.39 is 5.82 Å². The lowest BCUT2D eigenvalue weighted by molar-refractivity contribution is 0.335. The van der Waals surface area contributed by atoms with E-state index >= 15 is 0 Å². The number of methoxy groups -OCH3 is 2. The third-order valence-electron chi connectivity index (χ3n) is 1.96. The molecule has 0 fully saturated rings. The van der Waals surface area contributed by atoms with E-state index in [1.165, 1.54) is 20.3 Å². The number of aliphatic imine (C=N–C) groups is 1. The maximum Gasteiger partial charge on any atom is 0.235 e. The van der Waals surface area contributed by atoms with E-state index in [2.05, 4.69) is 20.9 Å². The Bertz CT molecular complexity index is 444. The minimum atomic E-state index is -0.604. The first-order valence-corrected chi connectivity index (χ1v) is 5.07. The van der Waals surface area contributed by atoms with Crippen molar-refractivity contribution in [2.75, 3.05) is 14.2 Å². The van der Waals surface area contributed by atoms with Crippen molar-refractivity contribution < 1.29 is 18.7 Å². The molecule has 16 heavy (non-hydrogen) atoms. The molecule has 0 aliphatic carbocycles. The summed E-state index contributed by atoms with van der Waals surface area (Å²) < 4.78 is 24.2. The number of halogens is 2. The summed E-state index contributed by atoms with van der Waals surface area (Å²) in [5.74, 6) is -0.347. The van der Waals surface area contributed by atoms with E-state index in [9.17, 15) is 9.18 Å². The molecule has 0 unspecified atom stereocenters. The van der Waals surface area contributed by atoms with Crippen LogP contribution in [0.1, 0.15) is 5.56 Å². The van der Waals surface area contributed by atoms with Gasteiger partial charge in [-0.25, -0.2) is 14.2 Å². The zero-order chi connectivity index (χ0) is 12.1. The van der Waals surface area contributed by atoms with Gasteiger partial charge in [-0.2, -0.15) is 0 Å². The number of benzene rings is 1. The molecular weight excluding hydrogens is 281 g/mol. The molecular formula is C10H9BrFNO3. The van der Waals surface area contributed by atoms with Crippen LogP contribution in [-0.4, -0.2) is 20.3 Å². The fraction of sp³-hybridized carbons (Fsp3) is 0.300. The number of carbonyl (C=O) groups excluding carboxylic acids is 1. The van der Waals surface area contributed by atoms with Gasteiger partial charge in [0.1, 0.15) is 0 Å². The molecule has 0 radical (unpaired) electrons. The number of isocyanates is 1. The summed E-state index contributed by atoms with van der Waals surface area (Å²) in [5.41, 5.74) is 0.223. The Morgan fingerprint density at radius 1 is 1.50 bits per heavy atom. The Morgan fingerprint density at radius 2 is 2.19 bits per heavy atom. The molecule has 0 amide bonds. The summed E-state index contributed by atoms with van der Waals surface area (Å²) in [5, 5.41) is 0. The van der Waals surface area contributed by atoms with Gasteiger partial charge in [0.25, 0.3) is 0 Å². The van der Waals surface area contributed by atoms with Crippen LogP contribution < -0.4 is 9.47 Å². The molecule has 0 N–H and O–H groups in total. The topological polar surface area (TPSA) is 47.9 Å². The van der Waals surface area contributed by atoms with E-state index in [1.807, 2.05) is 0 Å². The van der Waals surface area contributed by atoms with E-state index in [0.717, 1.165) is 0 Å². The number of nitrogens with zero attached hydrogens (tertiary/aromatic N) is 1. The molecule has 0 aliphatic heterocycles. The summed E-state index contributed by atoms with van der Waals surface area (Å²) in [6.07, 6.45) is 1.35. The molecule has 0 bridgehead atoms. The molecule has 0 heterocycles. The van der Waals surface area contributed by atoms with Crippen LogP contribution in [0.4, 0.5) is 4.39 Å². The molecule has 1 aromatic rings. The highest BCUT2D eigenvalue weighted by molar-refractivity contribution is 9.10. The van der Waals surface area contributed by atoms with Gasteiger partial charge in [-0.15, -0.1) is 0 Å². The Morgan fingerprint density at radius 3 is 2.69 bits per heavy atom. The van der Waals surface area contributed by atoms with Gasteiger partial charge < -0.3 is 9.47 Å². The van der Waals surface area contributed by atoms with Crippen LogP contribution in [0.2, 0.25) is 0 Å². The van der Waals surface area contributed by atoms with Crippen molar-refractivity contribution in [2.45, 2.75) is 6.54 Å². The van der Waals surface area contributed by atoms with Crippen LogP contribution in [0.3, 0.4) is 0 Å². The van der Waals surface area contributed by atoms with Gasteiger partial charge in [0.15, 0.2) is 17.3 Å². The zero-order valence-corrected chi connectivity index (χ0v) is 10.3. The lowest BCUT2D eigenvalue weighted by Crippen LogP contribution is -1.99. The summed E-state index contributed by atoms with van der Waals surface area (Å²) in [4.78, 5) is 13.3. The first-order chi connectivity index (χ1) is 7.65. The summed E-state index contributed by atoms with van der Waals surface area (Å²) in [7, 11) is 2.74. The van der Waals surface area contributed by atoms with Gasteiger partial charge >= 0.3 is 0 Å². The van der Waals surface area contributed by atoms with Gasteiger partial charge in [-0.1, -0.05) is 15.9 Å². The summed E-state index contributed by atoms with van der Waals surface area (Å²) >= 11 is 3.17. The third kappa shape index (κ3) is 2.40. The molecule has 0 atom stereocenters. The molecule has 0 saturated heterocycles. The predicted molar refractivity (Wildman–Crippen MR) is 59.0 cm³/mol. The number of rotatable bonds is 4. The Hall–Kier alpha value is -1.39. The maximum atomic E-state index is 13.9. The fourth-order valence-corrected chi connectivity index (χ4v) is 1.72. The minimum Gasteiger partial charge on any atom is -0.493 e. The molecule has 1 rings (SSSR count). The first-order valence-electron chi connectivity index (χ1n) is 4.28. The zero-order valence-electron chi connectivity index (χ0n) is 8.71. The molecule has 0 aromatic heterocycles.